The molecule has 0 radical (unpaired) electrons. The Morgan fingerprint density at radius 3 is 1.15 bits per heavy atom. The van der Waals surface area contributed by atoms with Gasteiger partial charge in [0.2, 0.25) is 23.5 Å². The molecule has 0 spiro atoms. The number of carbonyl (C=O) groups excluding carboxylic acids is 4. The molecule has 4 aromatic carbocycles. The van der Waals surface area contributed by atoms with Crippen LogP contribution in [0.3, 0.4) is 0 Å². The number of benzene rings is 4. The zero-order valence-electron chi connectivity index (χ0n) is 39.4. The monoisotopic (exact) mass is 1050 g/mol. The number of nitrogens with zero attached hydrogens (tertiary/aromatic N) is 8. The van der Waals surface area contributed by atoms with E-state index in [4.69, 9.17) is 0 Å². The average Bonchev–Trinajstić information content (AvgIpc) is 4.04. The number of aromatic nitrogens is 8. The molecule has 0 aliphatic carbocycles. The van der Waals surface area contributed by atoms with E-state index in [0.717, 1.165) is 70.2 Å². The predicted octanol–water partition coefficient (Wildman–Crippen LogP) is 2.10. The minimum absolute atomic E-state index is 0. The van der Waals surface area contributed by atoms with Gasteiger partial charge in [0.05, 0.1) is 24.0 Å². The molecule has 2 atom stereocenters. The Kier molecular flexibility index (Phi) is 25.6. The van der Waals surface area contributed by atoms with E-state index in [1.807, 2.05) is 111 Å². The molecular formula is C48H57BaN10NaO7. The quantitative estimate of drug-likeness (QED) is 0.104. The summed E-state index contributed by atoms with van der Waals surface area (Å²) in [7, 11) is 0. The molecule has 0 saturated heterocycles. The second-order valence-corrected chi connectivity index (χ2v) is 16.2. The molecule has 0 aliphatic rings. The molecule has 17 nitrogen and oxygen atoms in total. The van der Waals surface area contributed by atoms with Gasteiger partial charge in [-0.05, 0) is 68.5 Å². The zero-order valence-corrected chi connectivity index (χ0v) is 45.8. The van der Waals surface area contributed by atoms with E-state index < -0.39 is 24.0 Å². The average molecular weight is 1050 g/mol. The van der Waals surface area contributed by atoms with Crippen LogP contribution >= 0.6 is 0 Å². The normalized spacial score (nSPS) is 11.5. The standard InChI is InChI=1S/2C24H29N5O3.Ba.Na.H2O/c2*1-4-5-10-21(30)29(22(16(2)3)24(31)32)15-17-11-13-18(14-12-17)19-8-6-7-9-20(19)23-25-27-28-26-23;;;/h2*6-9,11-14,16,22H,4-5,10,15H2,1-3H3,(H,31,32)(H,25,26,27,28);;;1H2/q;;+2;+1;/p-3/t2*22-;;;/m00.../s1. The number of hydrogen-bond donors (Lipinski definition) is 2. The van der Waals surface area contributed by atoms with Crippen molar-refractivity contribution in [1.29, 1.82) is 0 Å². The number of rotatable bonds is 20. The maximum Gasteiger partial charge on any atom is 2.00 e. The van der Waals surface area contributed by atoms with Gasteiger partial charge in [-0.15, -0.1) is 20.4 Å². The van der Waals surface area contributed by atoms with Crippen LogP contribution in [0.25, 0.3) is 45.0 Å². The molecule has 3 N–H and O–H groups in total. The molecule has 6 aromatic rings. The molecule has 2 aromatic heterocycles. The number of carbonyl (C=O) groups is 4. The molecule has 2 heterocycles. The number of aliphatic carboxylic acids is 2. The molecular weight excluding hydrogens is 989 g/mol. The smallest absolute Gasteiger partial charge is 0.870 e. The number of hydrogen-bond acceptors (Lipinski definition) is 13. The van der Waals surface area contributed by atoms with Crippen LogP contribution in [0.4, 0.5) is 0 Å². The Bertz CT molecular complexity index is 2250. The van der Waals surface area contributed by atoms with Gasteiger partial charge in [0.25, 0.3) is 0 Å². The van der Waals surface area contributed by atoms with Gasteiger partial charge in [0.15, 0.2) is 0 Å². The van der Waals surface area contributed by atoms with Gasteiger partial charge in [0, 0.05) is 37.1 Å². The van der Waals surface area contributed by atoms with Crippen molar-refractivity contribution in [2.75, 3.05) is 0 Å². The number of unbranched alkanes of at least 4 members (excludes halogenated alkanes) is 2. The maximum atomic E-state index is 12.8. The number of amides is 2. The van der Waals surface area contributed by atoms with Crippen LogP contribution in [0.15, 0.2) is 97.1 Å². The van der Waals surface area contributed by atoms with E-state index in [0.29, 0.717) is 24.5 Å². The van der Waals surface area contributed by atoms with Crippen molar-refractivity contribution in [3.63, 3.8) is 0 Å². The fourth-order valence-corrected chi connectivity index (χ4v) is 7.53. The van der Waals surface area contributed by atoms with Gasteiger partial charge in [-0.1, -0.05) is 151 Å². The zero-order chi connectivity index (χ0) is 46.2. The van der Waals surface area contributed by atoms with Gasteiger partial charge < -0.3 is 35.1 Å². The number of carboxylic acids is 2. The summed E-state index contributed by atoms with van der Waals surface area (Å²) in [6.07, 6.45) is 3.82. The Labute approximate surface area is 454 Å². The summed E-state index contributed by atoms with van der Waals surface area (Å²) in [6.45, 7) is 11.6. The van der Waals surface area contributed by atoms with Crippen molar-refractivity contribution < 1.29 is 64.4 Å². The minimum Gasteiger partial charge on any atom is -0.870 e. The van der Waals surface area contributed by atoms with Crippen LogP contribution < -0.4 is 39.8 Å². The van der Waals surface area contributed by atoms with Crippen LogP contribution in [0.2, 0.25) is 0 Å². The molecule has 0 saturated carbocycles. The first-order valence-electron chi connectivity index (χ1n) is 21.7. The second kappa shape index (κ2) is 29.3. The molecule has 19 heteroatoms. The van der Waals surface area contributed by atoms with E-state index in [9.17, 15) is 29.4 Å². The van der Waals surface area contributed by atoms with E-state index >= 15 is 0 Å². The van der Waals surface area contributed by atoms with Crippen molar-refractivity contribution in [2.24, 2.45) is 11.8 Å². The van der Waals surface area contributed by atoms with Gasteiger partial charge in [-0.3, -0.25) is 9.59 Å². The van der Waals surface area contributed by atoms with Gasteiger partial charge in [0.1, 0.15) is 0 Å². The van der Waals surface area contributed by atoms with Crippen molar-refractivity contribution in [1.82, 2.24) is 51.0 Å². The molecule has 0 bridgehead atoms. The van der Waals surface area contributed by atoms with E-state index in [-0.39, 0.29) is 121 Å². The van der Waals surface area contributed by atoms with Crippen LogP contribution in [-0.4, -0.2) is 141 Å². The Morgan fingerprint density at radius 2 is 0.881 bits per heavy atom. The van der Waals surface area contributed by atoms with Crippen LogP contribution in [0.1, 0.15) is 91.2 Å². The topological polar surface area (TPSA) is 260 Å². The Hall–Kier alpha value is -4.57. The third-order valence-electron chi connectivity index (χ3n) is 10.8. The molecule has 6 rings (SSSR count). The van der Waals surface area contributed by atoms with Crippen molar-refractivity contribution in [3.8, 4) is 45.0 Å². The van der Waals surface area contributed by atoms with Crippen LogP contribution in [0.5, 0.6) is 0 Å². The number of nitrogens with one attached hydrogen (secondary N) is 2. The third-order valence-corrected chi connectivity index (χ3v) is 10.8. The van der Waals surface area contributed by atoms with Crippen molar-refractivity contribution in [2.45, 2.75) is 105 Å². The fourth-order valence-electron chi connectivity index (χ4n) is 7.53. The molecule has 344 valence electrons. The Balaban J connectivity index is 0.000000440. The first-order chi connectivity index (χ1) is 30.8. The largest absolute Gasteiger partial charge is 2.00 e. The summed E-state index contributed by atoms with van der Waals surface area (Å²) in [6, 6.07) is 29.0. The summed E-state index contributed by atoms with van der Waals surface area (Å²) in [5, 5.41) is 52.1. The summed E-state index contributed by atoms with van der Waals surface area (Å²) >= 11 is 0. The molecule has 0 fully saturated rings. The van der Waals surface area contributed by atoms with Gasteiger partial charge in [-0.25, -0.2) is 0 Å². The predicted molar refractivity (Wildman–Crippen MR) is 245 cm³/mol. The minimum atomic E-state index is -1.23. The van der Waals surface area contributed by atoms with E-state index in [2.05, 4.69) is 41.2 Å². The van der Waals surface area contributed by atoms with Gasteiger partial charge in [-0.2, -0.15) is 10.4 Å². The van der Waals surface area contributed by atoms with E-state index in [1.165, 1.54) is 9.80 Å². The SMILES string of the molecule is CCCCC(=O)N(Cc1ccc(-c2ccccc2-c2nn[nH]n2)cc1)[C@H](C(=O)[O-])C(C)C.CCCCC(=O)N(Cc1ccc(-c2ccccc2-c2nn[nH]n2)cc1)[C@H](C(=O)[O-])C(C)C.[Ba+2].[Na+].[OH-]. The Morgan fingerprint density at radius 1 is 0.552 bits per heavy atom. The van der Waals surface area contributed by atoms with Gasteiger partial charge >= 0.3 is 78.4 Å². The summed E-state index contributed by atoms with van der Waals surface area (Å²) < 4.78 is 0. The maximum absolute atomic E-state index is 12.8. The summed E-state index contributed by atoms with van der Waals surface area (Å²) in [5.74, 6) is -2.29. The van der Waals surface area contributed by atoms with Crippen molar-refractivity contribution in [3.05, 3.63) is 108 Å². The molecule has 0 unspecified atom stereocenters. The number of tetrazole rings is 2. The number of carboxylic acid groups (broad SMARTS) is 2. The van der Waals surface area contributed by atoms with Crippen molar-refractivity contribution >= 4 is 72.6 Å². The number of aromatic amines is 2. The molecule has 67 heavy (non-hydrogen) atoms. The number of H-pyrrole nitrogens is 2. The first-order valence-corrected chi connectivity index (χ1v) is 21.7. The van der Waals surface area contributed by atoms with Crippen LogP contribution in [-0.2, 0) is 32.3 Å². The van der Waals surface area contributed by atoms with Crippen LogP contribution in [0, 0.1) is 11.8 Å². The first kappa shape index (κ1) is 58.6. The third kappa shape index (κ3) is 16.3. The molecule has 0 aliphatic heterocycles. The summed E-state index contributed by atoms with van der Waals surface area (Å²) in [5.41, 5.74) is 7.21. The summed E-state index contributed by atoms with van der Waals surface area (Å²) in [4.78, 5) is 52.2. The van der Waals surface area contributed by atoms with E-state index in [1.54, 1.807) is 27.7 Å². The molecule has 2 amide bonds. The second-order valence-electron chi connectivity index (χ2n) is 16.2. The fraction of sp³-hybridized carbons (Fsp3) is 0.375.